The van der Waals surface area contributed by atoms with Gasteiger partial charge in [0.15, 0.2) is 0 Å². The second kappa shape index (κ2) is 19.4. The molecule has 3 aromatic rings. The molecular weight excluding hydrogens is 593 g/mol. The average molecular weight is 620 g/mol. The first-order chi connectivity index (χ1) is 17.9. The van der Waals surface area contributed by atoms with Crippen molar-refractivity contribution in [3.63, 3.8) is 0 Å². The molecule has 1 amide bonds. The first kappa shape index (κ1) is 38.4. The van der Waals surface area contributed by atoms with Crippen molar-refractivity contribution in [2.24, 2.45) is 9.98 Å². The summed E-state index contributed by atoms with van der Waals surface area (Å²) in [6.07, 6.45) is 3.70. The maximum Gasteiger partial charge on any atom is 3.00 e. The van der Waals surface area contributed by atoms with Crippen molar-refractivity contribution in [1.29, 1.82) is 0 Å². The number of amides is 1. The SMILES string of the molecule is CN(C)C=O.COc1cccc(C=Nc2ccccc2N=Cc2cccc(OC)c2[O-])c1[O-].O.[Mn+3].[O-][Cl+3]([O-])([O-])[O-]. The first-order valence-corrected chi connectivity index (χ1v) is 11.7. The molecular formula is C25H27ClMnN3O10. The van der Waals surface area contributed by atoms with Gasteiger partial charge in [0.1, 0.15) is 11.5 Å². The molecule has 13 nitrogen and oxygen atoms in total. The van der Waals surface area contributed by atoms with E-state index in [2.05, 4.69) is 9.98 Å². The summed E-state index contributed by atoms with van der Waals surface area (Å²) in [6.45, 7) is 0. The van der Waals surface area contributed by atoms with Crippen LogP contribution in [0.3, 0.4) is 0 Å². The van der Waals surface area contributed by atoms with E-state index in [1.165, 1.54) is 31.5 Å². The van der Waals surface area contributed by atoms with Gasteiger partial charge in [-0.2, -0.15) is 0 Å². The average Bonchev–Trinajstić information content (AvgIpc) is 2.87. The minimum absolute atomic E-state index is 0. The molecule has 0 aliphatic rings. The van der Waals surface area contributed by atoms with Crippen LogP contribution in [0.15, 0.2) is 70.6 Å². The third-order valence-electron chi connectivity index (χ3n) is 4.24. The fourth-order valence-corrected chi connectivity index (χ4v) is 2.55. The molecule has 0 heterocycles. The number of hydrogen-bond acceptors (Lipinski definition) is 11. The van der Waals surface area contributed by atoms with E-state index < -0.39 is 10.2 Å². The summed E-state index contributed by atoms with van der Waals surface area (Å²) in [5, 5.41) is 24.4. The molecule has 216 valence electrons. The number of carbonyl (C=O) groups excluding carboxylic acids is 1. The summed E-state index contributed by atoms with van der Waals surface area (Å²) in [4.78, 5) is 19.6. The Morgan fingerprint density at radius 2 is 1.05 bits per heavy atom. The van der Waals surface area contributed by atoms with E-state index in [0.717, 1.165) is 6.41 Å². The van der Waals surface area contributed by atoms with E-state index in [-0.39, 0.29) is 45.5 Å². The zero-order valence-electron chi connectivity index (χ0n) is 21.8. The molecule has 0 unspecified atom stereocenters. The van der Waals surface area contributed by atoms with E-state index in [4.69, 9.17) is 28.1 Å². The number of benzene rings is 3. The van der Waals surface area contributed by atoms with Crippen molar-refractivity contribution in [1.82, 2.24) is 4.90 Å². The molecule has 0 saturated heterocycles. The Hall–Kier alpha value is -3.72. The van der Waals surface area contributed by atoms with Crippen LogP contribution in [-0.2, 0) is 21.9 Å². The Morgan fingerprint density at radius 3 is 1.32 bits per heavy atom. The number of halogens is 1. The number of hydrogen-bond donors (Lipinski definition) is 0. The summed E-state index contributed by atoms with van der Waals surface area (Å²) >= 11 is 0. The summed E-state index contributed by atoms with van der Waals surface area (Å²) in [5.74, 6) is 0.0525. The van der Waals surface area contributed by atoms with E-state index >= 15 is 0 Å². The van der Waals surface area contributed by atoms with Crippen LogP contribution < -0.4 is 38.3 Å². The fraction of sp³-hybridized carbons (Fsp3) is 0.160. The van der Waals surface area contributed by atoms with Gasteiger partial charge in [-0.25, -0.2) is 18.6 Å². The van der Waals surface area contributed by atoms with Gasteiger partial charge in [0.05, 0.1) is 25.6 Å². The van der Waals surface area contributed by atoms with E-state index in [0.29, 0.717) is 22.5 Å². The van der Waals surface area contributed by atoms with Gasteiger partial charge >= 0.3 is 17.1 Å². The standard InChI is InChI=1S/C22H20N2O4.C3H7NO.ClHO4.Mn.H2O/c1-27-19-11-5-7-15(21(19)25)13-23-17-9-3-4-10-18(17)24-14-16-8-6-12-20(28-2)22(16)26;1-4(2)3-5;2-1(3,4)5;;/h3-14,25-26H,1-2H3;3H,1-2H3;(H,2,3,4,5);;1H2/q;;;+3;/p-3. The van der Waals surface area contributed by atoms with Gasteiger partial charge in [-0.3, -0.25) is 14.8 Å². The molecule has 3 rings (SSSR count). The Bertz CT molecular complexity index is 1150. The van der Waals surface area contributed by atoms with Gasteiger partial charge in [-0.1, -0.05) is 47.9 Å². The molecule has 3 aromatic carbocycles. The zero-order valence-corrected chi connectivity index (χ0v) is 23.7. The molecule has 0 radical (unpaired) electrons. The summed E-state index contributed by atoms with van der Waals surface area (Å²) < 4.78 is 44.1. The second-order valence-electron chi connectivity index (χ2n) is 7.21. The van der Waals surface area contributed by atoms with Crippen LogP contribution in [0.4, 0.5) is 11.4 Å². The number of methoxy groups -OCH3 is 2. The van der Waals surface area contributed by atoms with Gasteiger partial charge in [-0.05, 0) is 35.4 Å². The molecule has 2 N–H and O–H groups in total. The maximum absolute atomic E-state index is 12.2. The normalized spacial score (nSPS) is 10.2. The Balaban J connectivity index is 0. The Morgan fingerprint density at radius 1 is 0.725 bits per heavy atom. The van der Waals surface area contributed by atoms with Gasteiger partial charge < -0.3 is 30.1 Å². The summed E-state index contributed by atoms with van der Waals surface area (Å²) in [7, 11) is 1.33. The Labute approximate surface area is 243 Å². The Kier molecular flexibility index (Phi) is 18.6. The van der Waals surface area contributed by atoms with Crippen LogP contribution in [-0.4, -0.2) is 57.5 Å². The maximum atomic E-state index is 12.2. The molecule has 0 spiro atoms. The predicted octanol–water partition coefficient (Wildman–Crippen LogP) is -2.53. The molecule has 0 aromatic heterocycles. The minimum Gasteiger partial charge on any atom is -0.870 e. The minimum atomic E-state index is -4.94. The molecule has 15 heteroatoms. The topological polar surface area (TPSA) is 233 Å². The van der Waals surface area contributed by atoms with E-state index in [9.17, 15) is 15.0 Å². The number of carbonyl (C=O) groups is 1. The molecule has 40 heavy (non-hydrogen) atoms. The molecule has 0 saturated carbocycles. The third-order valence-corrected chi connectivity index (χ3v) is 4.24. The number of ether oxygens (including phenoxy) is 2. The third kappa shape index (κ3) is 14.4. The van der Waals surface area contributed by atoms with Crippen molar-refractivity contribution >= 4 is 30.2 Å². The van der Waals surface area contributed by atoms with Crippen molar-refractivity contribution in [3.05, 3.63) is 71.8 Å². The van der Waals surface area contributed by atoms with E-state index in [1.54, 1.807) is 62.6 Å². The van der Waals surface area contributed by atoms with Gasteiger partial charge in [0.25, 0.3) is 0 Å². The first-order valence-electron chi connectivity index (χ1n) is 10.5. The molecule has 0 atom stereocenters. The number of para-hydroxylation sites is 4. The summed E-state index contributed by atoms with van der Waals surface area (Å²) in [5.41, 5.74) is 1.95. The molecule has 0 fully saturated rings. The van der Waals surface area contributed by atoms with Crippen LogP contribution in [0.1, 0.15) is 11.1 Å². The van der Waals surface area contributed by atoms with Crippen LogP contribution in [0.2, 0.25) is 0 Å². The largest absolute Gasteiger partial charge is 3.00 e. The van der Waals surface area contributed by atoms with Crippen molar-refractivity contribution < 1.29 is 75.9 Å². The smallest absolute Gasteiger partial charge is 0.870 e. The predicted molar refractivity (Wildman–Crippen MR) is 129 cm³/mol. The molecule has 0 aliphatic carbocycles. The van der Waals surface area contributed by atoms with Crippen LogP contribution in [0, 0.1) is 10.2 Å². The van der Waals surface area contributed by atoms with Crippen LogP contribution in [0.25, 0.3) is 0 Å². The van der Waals surface area contributed by atoms with Gasteiger partial charge in [0, 0.05) is 26.5 Å². The molecule has 0 aliphatic heterocycles. The van der Waals surface area contributed by atoms with Crippen molar-refractivity contribution in [2.75, 3.05) is 28.3 Å². The monoisotopic (exact) mass is 619 g/mol. The summed E-state index contributed by atoms with van der Waals surface area (Å²) in [6, 6.07) is 17.2. The fourth-order valence-electron chi connectivity index (χ4n) is 2.55. The second-order valence-corrected chi connectivity index (χ2v) is 7.97. The van der Waals surface area contributed by atoms with E-state index in [1.807, 2.05) is 12.1 Å². The quantitative estimate of drug-likeness (QED) is 0.154. The van der Waals surface area contributed by atoms with Crippen molar-refractivity contribution in [3.8, 4) is 23.0 Å². The van der Waals surface area contributed by atoms with Crippen LogP contribution >= 0.6 is 0 Å². The van der Waals surface area contributed by atoms with Gasteiger partial charge in [-0.15, -0.1) is 10.2 Å². The number of rotatable bonds is 7. The zero-order chi connectivity index (χ0) is 28.7. The number of nitrogens with zero attached hydrogens (tertiary/aromatic N) is 3. The van der Waals surface area contributed by atoms with Gasteiger partial charge in [0.2, 0.25) is 6.41 Å². The van der Waals surface area contributed by atoms with Crippen LogP contribution in [0.5, 0.6) is 23.0 Å². The van der Waals surface area contributed by atoms with Crippen molar-refractivity contribution in [2.45, 2.75) is 0 Å². The molecule has 0 bridgehead atoms. The number of aliphatic imine (C=N–C) groups is 2.